The molecule has 1 atom stereocenters. The molecular weight excluding hydrogens is 399 g/mol. The van der Waals surface area contributed by atoms with Gasteiger partial charge in [-0.25, -0.2) is 21.9 Å². The Morgan fingerprint density at radius 2 is 1.93 bits per heavy atom. The lowest BCUT2D eigenvalue weighted by atomic mass is 10.3. The lowest BCUT2D eigenvalue weighted by Crippen LogP contribution is -2.36. The van der Waals surface area contributed by atoms with Gasteiger partial charge in [0.15, 0.2) is 0 Å². The van der Waals surface area contributed by atoms with Crippen molar-refractivity contribution < 1.29 is 22.3 Å². The Labute approximate surface area is 170 Å². The van der Waals surface area contributed by atoms with Gasteiger partial charge < -0.3 is 15.4 Å². The number of nitrogens with one attached hydrogen (secondary N) is 2. The third-order valence-electron chi connectivity index (χ3n) is 3.99. The molecule has 0 unspecified atom stereocenters. The summed E-state index contributed by atoms with van der Waals surface area (Å²) in [6, 6.07) is 6.66. The van der Waals surface area contributed by atoms with Gasteiger partial charge in [0.05, 0.1) is 24.2 Å². The molecule has 1 heterocycles. The van der Waals surface area contributed by atoms with Gasteiger partial charge in [0, 0.05) is 30.6 Å². The number of anilines is 2. The maximum absolute atomic E-state index is 13.9. The monoisotopic (exact) mass is 424 g/mol. The van der Waals surface area contributed by atoms with Crippen LogP contribution in [0.4, 0.5) is 20.6 Å². The Morgan fingerprint density at radius 3 is 2.55 bits per heavy atom. The first-order valence-corrected chi connectivity index (χ1v) is 10.6. The predicted molar refractivity (Wildman–Crippen MR) is 110 cm³/mol. The minimum Gasteiger partial charge on any atom is -0.489 e. The second-order valence-corrected chi connectivity index (χ2v) is 8.92. The summed E-state index contributed by atoms with van der Waals surface area (Å²) in [5.41, 5.74) is 1.50. The van der Waals surface area contributed by atoms with Crippen LogP contribution in [0.3, 0.4) is 0 Å². The highest BCUT2D eigenvalue weighted by molar-refractivity contribution is 7.89. The summed E-state index contributed by atoms with van der Waals surface area (Å²) in [4.78, 5) is 16.2. The number of amides is 2. The number of pyridine rings is 1. The summed E-state index contributed by atoms with van der Waals surface area (Å²) in [7, 11) is -1.88. The van der Waals surface area contributed by atoms with Crippen molar-refractivity contribution in [2.45, 2.75) is 26.9 Å². The number of aryl methyl sites for hydroxylation is 1. The molecule has 0 radical (unpaired) electrons. The summed E-state index contributed by atoms with van der Waals surface area (Å²) in [5.74, 6) is -0.445. The average Bonchev–Trinajstić information content (AvgIpc) is 2.62. The maximum atomic E-state index is 13.9. The van der Waals surface area contributed by atoms with Crippen LogP contribution in [-0.4, -0.2) is 49.2 Å². The minimum absolute atomic E-state index is 0.0180. The Bertz CT molecular complexity index is 951. The summed E-state index contributed by atoms with van der Waals surface area (Å²) in [6.45, 7) is 5.17. The quantitative estimate of drug-likeness (QED) is 0.678. The van der Waals surface area contributed by atoms with Gasteiger partial charge in [-0.1, -0.05) is 0 Å². The van der Waals surface area contributed by atoms with Crippen molar-refractivity contribution >= 4 is 27.4 Å². The lowest BCUT2D eigenvalue weighted by Gasteiger charge is -2.22. The Kier molecular flexibility index (Phi) is 7.52. The van der Waals surface area contributed by atoms with Gasteiger partial charge in [-0.3, -0.25) is 4.98 Å². The number of hydrogen-bond acceptors (Lipinski definition) is 5. The molecule has 2 rings (SSSR count). The maximum Gasteiger partial charge on any atom is 0.323 e. The molecule has 1 aromatic carbocycles. The highest BCUT2D eigenvalue weighted by Gasteiger charge is 2.19. The molecule has 158 valence electrons. The number of benzene rings is 1. The number of rotatable bonds is 8. The molecule has 2 amide bonds. The van der Waals surface area contributed by atoms with Crippen LogP contribution < -0.4 is 15.4 Å². The molecule has 0 aliphatic rings. The van der Waals surface area contributed by atoms with E-state index in [9.17, 15) is 17.6 Å². The first-order valence-electron chi connectivity index (χ1n) is 9.01. The normalized spacial score (nSPS) is 12.5. The van der Waals surface area contributed by atoms with E-state index in [1.165, 1.54) is 23.6 Å². The zero-order chi connectivity index (χ0) is 21.6. The summed E-state index contributed by atoms with van der Waals surface area (Å²) >= 11 is 0. The second kappa shape index (κ2) is 9.66. The molecule has 0 fully saturated rings. The molecule has 29 heavy (non-hydrogen) atoms. The fraction of sp³-hybridized carbons (Fsp3) is 0.368. The molecule has 0 spiro atoms. The number of carbonyl (C=O) groups excluding carboxylic acids is 1. The predicted octanol–water partition coefficient (Wildman–Crippen LogP) is 3.22. The molecule has 2 N–H and O–H groups in total. The SMILES string of the molecule is CCS(=O)(=O)N(C)C[C@H](C)Oc1cc(F)cc(NC(=O)Nc2ccc(C)nc2)c1. The molecule has 0 bridgehead atoms. The molecule has 1 aromatic heterocycles. The van der Waals surface area contributed by atoms with E-state index in [0.29, 0.717) is 5.69 Å². The number of nitrogens with zero attached hydrogens (tertiary/aromatic N) is 2. The second-order valence-electron chi connectivity index (χ2n) is 6.55. The van der Waals surface area contributed by atoms with Crippen LogP contribution >= 0.6 is 0 Å². The molecule has 0 saturated heterocycles. The van der Waals surface area contributed by atoms with Gasteiger partial charge in [0.2, 0.25) is 10.0 Å². The van der Waals surface area contributed by atoms with Crippen LogP contribution in [0.1, 0.15) is 19.5 Å². The topological polar surface area (TPSA) is 101 Å². The van der Waals surface area contributed by atoms with E-state index >= 15 is 0 Å². The van der Waals surface area contributed by atoms with Gasteiger partial charge in [-0.05, 0) is 39.0 Å². The fourth-order valence-electron chi connectivity index (χ4n) is 2.50. The van der Waals surface area contributed by atoms with Gasteiger partial charge in [-0.15, -0.1) is 0 Å². The molecule has 0 aliphatic heterocycles. The van der Waals surface area contributed by atoms with E-state index in [2.05, 4.69) is 15.6 Å². The highest BCUT2D eigenvalue weighted by atomic mass is 32.2. The van der Waals surface area contributed by atoms with Crippen LogP contribution in [0.25, 0.3) is 0 Å². The van der Waals surface area contributed by atoms with E-state index in [-0.39, 0.29) is 23.7 Å². The van der Waals surface area contributed by atoms with Crippen molar-refractivity contribution in [1.82, 2.24) is 9.29 Å². The van der Waals surface area contributed by atoms with Crippen molar-refractivity contribution in [3.05, 3.63) is 48.0 Å². The third kappa shape index (κ3) is 6.99. The van der Waals surface area contributed by atoms with Crippen LogP contribution in [0.2, 0.25) is 0 Å². The standard InChI is InChI=1S/C19H25FN4O4S/c1-5-29(26,27)24(4)12-14(3)28-18-9-15(20)8-17(10-18)23-19(25)22-16-7-6-13(2)21-11-16/h6-11,14H,5,12H2,1-4H3,(H2,22,23,25)/t14-/m0/s1. The summed E-state index contributed by atoms with van der Waals surface area (Å²) in [6.07, 6.45) is 0.987. The third-order valence-corrected chi connectivity index (χ3v) is 5.82. The summed E-state index contributed by atoms with van der Waals surface area (Å²) in [5, 5.41) is 5.13. The van der Waals surface area contributed by atoms with Crippen molar-refractivity contribution in [3.8, 4) is 5.75 Å². The molecule has 2 aromatic rings. The summed E-state index contributed by atoms with van der Waals surface area (Å²) < 4.78 is 44.4. The van der Waals surface area contributed by atoms with Crippen molar-refractivity contribution in [2.24, 2.45) is 0 Å². The van der Waals surface area contributed by atoms with Crippen LogP contribution in [0.15, 0.2) is 36.5 Å². The van der Waals surface area contributed by atoms with E-state index in [4.69, 9.17) is 4.74 Å². The van der Waals surface area contributed by atoms with Crippen LogP contribution in [0, 0.1) is 12.7 Å². The van der Waals surface area contributed by atoms with Gasteiger partial charge in [0.1, 0.15) is 17.7 Å². The van der Waals surface area contributed by atoms with Crippen molar-refractivity contribution in [3.63, 3.8) is 0 Å². The van der Waals surface area contributed by atoms with E-state index < -0.39 is 28.0 Å². The number of halogens is 1. The molecule has 0 saturated carbocycles. The number of urea groups is 1. The van der Waals surface area contributed by atoms with E-state index in [1.807, 2.05) is 6.92 Å². The Hall–Kier alpha value is -2.72. The zero-order valence-electron chi connectivity index (χ0n) is 16.8. The number of likely N-dealkylation sites (N-methyl/N-ethyl adjacent to an activating group) is 1. The first-order chi connectivity index (χ1) is 13.6. The number of hydrogen-bond donors (Lipinski definition) is 2. The molecule has 8 nitrogen and oxygen atoms in total. The number of ether oxygens (including phenoxy) is 1. The Balaban J connectivity index is 2.01. The van der Waals surface area contributed by atoms with E-state index in [1.54, 1.807) is 26.0 Å². The highest BCUT2D eigenvalue weighted by Crippen LogP contribution is 2.22. The lowest BCUT2D eigenvalue weighted by molar-refractivity contribution is 0.195. The minimum atomic E-state index is -3.34. The van der Waals surface area contributed by atoms with Gasteiger partial charge in [0.25, 0.3) is 0 Å². The molecule has 0 aliphatic carbocycles. The number of carbonyl (C=O) groups is 1. The fourth-order valence-corrected chi connectivity index (χ4v) is 3.38. The first kappa shape index (κ1) is 22.6. The molecular formula is C19H25FN4O4S. The average molecular weight is 424 g/mol. The Morgan fingerprint density at radius 1 is 1.24 bits per heavy atom. The van der Waals surface area contributed by atoms with Crippen LogP contribution in [-0.2, 0) is 10.0 Å². The largest absolute Gasteiger partial charge is 0.489 e. The van der Waals surface area contributed by atoms with Gasteiger partial charge in [-0.2, -0.15) is 0 Å². The van der Waals surface area contributed by atoms with E-state index in [0.717, 1.165) is 17.8 Å². The zero-order valence-corrected chi connectivity index (χ0v) is 17.6. The molecule has 10 heteroatoms. The van der Waals surface area contributed by atoms with Crippen molar-refractivity contribution in [2.75, 3.05) is 30.0 Å². The van der Waals surface area contributed by atoms with Crippen LogP contribution in [0.5, 0.6) is 5.75 Å². The van der Waals surface area contributed by atoms with Crippen molar-refractivity contribution in [1.29, 1.82) is 0 Å². The number of aromatic nitrogens is 1. The smallest absolute Gasteiger partial charge is 0.323 e. The number of sulfonamides is 1. The van der Waals surface area contributed by atoms with Gasteiger partial charge >= 0.3 is 6.03 Å².